The monoisotopic (exact) mass is 372 g/mol. The van der Waals surface area contributed by atoms with Gasteiger partial charge >= 0.3 is 0 Å². The van der Waals surface area contributed by atoms with Gasteiger partial charge in [-0.05, 0) is 24.3 Å². The number of nitrogens with one attached hydrogen (secondary N) is 1. The molecule has 144 valence electrons. The van der Waals surface area contributed by atoms with E-state index in [1.165, 1.54) is 0 Å². The Balaban J connectivity index is 1.45. The molecular weight excluding hydrogens is 348 g/mol. The van der Waals surface area contributed by atoms with Gasteiger partial charge in [0, 0.05) is 33.1 Å². The zero-order valence-corrected chi connectivity index (χ0v) is 15.6. The lowest BCUT2D eigenvalue weighted by atomic mass is 10.3. The second-order valence-electron chi connectivity index (χ2n) is 6.08. The molecule has 9 heteroatoms. The van der Waals surface area contributed by atoms with Gasteiger partial charge in [-0.2, -0.15) is 10.1 Å². The zero-order chi connectivity index (χ0) is 19.1. The average Bonchev–Trinajstić information content (AvgIpc) is 2.72. The number of anilines is 2. The number of carbonyl (C=O) groups is 1. The Hall–Kier alpha value is -3.10. The molecule has 0 radical (unpaired) electrons. The van der Waals surface area contributed by atoms with E-state index in [1.807, 2.05) is 29.2 Å². The maximum absolute atomic E-state index is 11.4. The van der Waals surface area contributed by atoms with Crippen molar-refractivity contribution in [2.24, 2.45) is 0 Å². The van der Waals surface area contributed by atoms with E-state index in [4.69, 9.17) is 9.47 Å². The summed E-state index contributed by atoms with van der Waals surface area (Å²) in [6.07, 6.45) is 1.64. The normalized spacial score (nSPS) is 14.0. The van der Waals surface area contributed by atoms with Crippen molar-refractivity contribution in [3.05, 3.63) is 30.5 Å². The van der Waals surface area contributed by atoms with E-state index in [0.717, 1.165) is 30.4 Å². The van der Waals surface area contributed by atoms with Crippen LogP contribution in [0.4, 0.5) is 11.8 Å². The number of aromatic nitrogens is 3. The Morgan fingerprint density at radius 1 is 1.15 bits per heavy atom. The summed E-state index contributed by atoms with van der Waals surface area (Å²) in [4.78, 5) is 19.9. The third-order valence-electron chi connectivity index (χ3n) is 4.31. The van der Waals surface area contributed by atoms with Gasteiger partial charge in [-0.1, -0.05) is 0 Å². The third kappa shape index (κ3) is 5.19. The number of piperazine rings is 1. The lowest BCUT2D eigenvalue weighted by Crippen LogP contribution is -2.48. The summed E-state index contributed by atoms with van der Waals surface area (Å²) in [6.45, 7) is 5.47. The van der Waals surface area contributed by atoms with Crippen molar-refractivity contribution in [2.75, 3.05) is 56.7 Å². The number of amides is 1. The van der Waals surface area contributed by atoms with Crippen molar-refractivity contribution >= 4 is 17.7 Å². The molecule has 1 aliphatic rings. The molecule has 0 spiro atoms. The quantitative estimate of drug-likeness (QED) is 0.721. The predicted molar refractivity (Wildman–Crippen MR) is 101 cm³/mol. The first kappa shape index (κ1) is 18.7. The van der Waals surface area contributed by atoms with Crippen LogP contribution in [0.3, 0.4) is 0 Å². The largest absolute Gasteiger partial charge is 0.497 e. The molecule has 2 aromatic rings. The van der Waals surface area contributed by atoms with E-state index in [2.05, 4.69) is 25.4 Å². The lowest BCUT2D eigenvalue weighted by Gasteiger charge is -2.34. The van der Waals surface area contributed by atoms with Crippen molar-refractivity contribution in [2.45, 2.75) is 6.92 Å². The number of methoxy groups -OCH3 is 1. The number of ether oxygens (including phenoxy) is 2. The molecule has 1 fully saturated rings. The Morgan fingerprint density at radius 3 is 2.52 bits per heavy atom. The highest BCUT2D eigenvalue weighted by atomic mass is 16.5. The van der Waals surface area contributed by atoms with Crippen LogP contribution < -0.4 is 19.7 Å². The van der Waals surface area contributed by atoms with Crippen LogP contribution in [-0.4, -0.2) is 72.4 Å². The average molecular weight is 372 g/mol. The zero-order valence-electron chi connectivity index (χ0n) is 15.6. The van der Waals surface area contributed by atoms with Gasteiger partial charge in [0.15, 0.2) is 5.82 Å². The van der Waals surface area contributed by atoms with Crippen LogP contribution in [0.15, 0.2) is 30.5 Å². The molecule has 0 bridgehead atoms. The maximum atomic E-state index is 11.4. The highest BCUT2D eigenvalue weighted by molar-refractivity contribution is 5.73. The van der Waals surface area contributed by atoms with Crippen molar-refractivity contribution in [3.63, 3.8) is 0 Å². The van der Waals surface area contributed by atoms with Gasteiger partial charge in [0.2, 0.25) is 11.9 Å². The fourth-order valence-corrected chi connectivity index (χ4v) is 2.78. The summed E-state index contributed by atoms with van der Waals surface area (Å²) in [5.74, 6) is 2.89. The minimum absolute atomic E-state index is 0.106. The van der Waals surface area contributed by atoms with E-state index < -0.39 is 0 Å². The van der Waals surface area contributed by atoms with Crippen molar-refractivity contribution in [1.82, 2.24) is 20.1 Å². The Bertz CT molecular complexity index is 747. The van der Waals surface area contributed by atoms with Gasteiger partial charge in [0.1, 0.15) is 18.1 Å². The smallest absolute Gasteiger partial charge is 0.244 e. The number of hydrogen-bond donors (Lipinski definition) is 1. The first-order chi connectivity index (χ1) is 13.2. The molecule has 1 saturated heterocycles. The molecule has 2 heterocycles. The van der Waals surface area contributed by atoms with Crippen molar-refractivity contribution < 1.29 is 14.3 Å². The SMILES string of the molecule is COc1ccc(OCCNc2nncc(N3CCN(C(C)=O)CC3)n2)cc1. The highest BCUT2D eigenvalue weighted by Crippen LogP contribution is 2.17. The molecule has 0 unspecified atom stereocenters. The number of carbonyl (C=O) groups excluding carboxylic acids is 1. The van der Waals surface area contributed by atoms with Gasteiger partial charge in [-0.15, -0.1) is 5.10 Å². The lowest BCUT2D eigenvalue weighted by molar-refractivity contribution is -0.129. The number of rotatable bonds is 7. The van der Waals surface area contributed by atoms with Gasteiger partial charge in [-0.3, -0.25) is 4.79 Å². The summed E-state index contributed by atoms with van der Waals surface area (Å²) in [5.41, 5.74) is 0. The molecule has 1 N–H and O–H groups in total. The molecule has 1 amide bonds. The van der Waals surface area contributed by atoms with E-state index >= 15 is 0 Å². The van der Waals surface area contributed by atoms with Crippen LogP contribution in [0.2, 0.25) is 0 Å². The van der Waals surface area contributed by atoms with Crippen LogP contribution >= 0.6 is 0 Å². The molecule has 1 aliphatic heterocycles. The van der Waals surface area contributed by atoms with Crippen LogP contribution in [0.25, 0.3) is 0 Å². The number of nitrogens with zero attached hydrogens (tertiary/aromatic N) is 5. The molecule has 0 atom stereocenters. The molecule has 27 heavy (non-hydrogen) atoms. The summed E-state index contributed by atoms with van der Waals surface area (Å²) in [6, 6.07) is 7.42. The predicted octanol–water partition coefficient (Wildman–Crippen LogP) is 1.04. The topological polar surface area (TPSA) is 92.7 Å². The Labute approximate surface area is 158 Å². The minimum atomic E-state index is 0.106. The molecule has 3 rings (SSSR count). The second kappa shape index (κ2) is 9.02. The molecule has 1 aromatic carbocycles. The number of benzene rings is 1. The highest BCUT2D eigenvalue weighted by Gasteiger charge is 2.20. The van der Waals surface area contributed by atoms with E-state index in [1.54, 1.807) is 20.2 Å². The van der Waals surface area contributed by atoms with Crippen LogP contribution in [0, 0.1) is 0 Å². The summed E-state index contributed by atoms with van der Waals surface area (Å²) >= 11 is 0. The third-order valence-corrected chi connectivity index (χ3v) is 4.31. The molecule has 0 aliphatic carbocycles. The van der Waals surface area contributed by atoms with Gasteiger partial charge in [0.05, 0.1) is 19.9 Å². The van der Waals surface area contributed by atoms with Crippen LogP contribution in [0.1, 0.15) is 6.92 Å². The summed E-state index contributed by atoms with van der Waals surface area (Å²) < 4.78 is 10.8. The fraction of sp³-hybridized carbons (Fsp3) is 0.444. The standard InChI is InChI=1S/C18H24N6O3/c1-14(25)23-8-10-24(11-9-23)17-13-20-22-18(21-17)19-7-12-27-16-5-3-15(26-2)4-6-16/h3-6,13H,7-12H2,1-2H3,(H,19,21,22). The Kier molecular flexibility index (Phi) is 6.24. The first-order valence-corrected chi connectivity index (χ1v) is 8.86. The molecular formula is C18H24N6O3. The summed E-state index contributed by atoms with van der Waals surface area (Å²) in [7, 11) is 1.63. The Morgan fingerprint density at radius 2 is 1.85 bits per heavy atom. The van der Waals surface area contributed by atoms with Gasteiger partial charge in [0.25, 0.3) is 0 Å². The van der Waals surface area contributed by atoms with Gasteiger partial charge in [-0.25, -0.2) is 0 Å². The van der Waals surface area contributed by atoms with E-state index in [0.29, 0.717) is 32.2 Å². The minimum Gasteiger partial charge on any atom is -0.497 e. The molecule has 9 nitrogen and oxygen atoms in total. The summed E-state index contributed by atoms with van der Waals surface area (Å²) in [5, 5.41) is 11.1. The van der Waals surface area contributed by atoms with Crippen LogP contribution in [0.5, 0.6) is 11.5 Å². The maximum Gasteiger partial charge on any atom is 0.244 e. The fourth-order valence-electron chi connectivity index (χ4n) is 2.78. The van der Waals surface area contributed by atoms with E-state index in [9.17, 15) is 4.79 Å². The second-order valence-corrected chi connectivity index (χ2v) is 6.08. The first-order valence-electron chi connectivity index (χ1n) is 8.86. The van der Waals surface area contributed by atoms with Crippen molar-refractivity contribution in [3.8, 4) is 11.5 Å². The van der Waals surface area contributed by atoms with Crippen LogP contribution in [-0.2, 0) is 4.79 Å². The van der Waals surface area contributed by atoms with E-state index in [-0.39, 0.29) is 5.91 Å². The molecule has 1 aromatic heterocycles. The molecule has 0 saturated carbocycles. The number of hydrogen-bond acceptors (Lipinski definition) is 8. The van der Waals surface area contributed by atoms with Gasteiger partial charge < -0.3 is 24.6 Å². The van der Waals surface area contributed by atoms with Crippen molar-refractivity contribution in [1.29, 1.82) is 0 Å².